The van der Waals surface area contributed by atoms with E-state index in [-0.39, 0.29) is 5.24 Å². The Kier molecular flexibility index (Phi) is 3.28. The Labute approximate surface area is 142 Å². The minimum atomic E-state index is -0.184. The third kappa shape index (κ3) is 2.27. The van der Waals surface area contributed by atoms with E-state index >= 15 is 0 Å². The maximum absolute atomic E-state index is 11.6. The van der Waals surface area contributed by atoms with E-state index in [2.05, 4.69) is 10.6 Å². The highest BCUT2D eigenvalue weighted by Gasteiger charge is 2.32. The summed E-state index contributed by atoms with van der Waals surface area (Å²) < 4.78 is 0. The average Bonchev–Trinajstić information content (AvgIpc) is 3.07. The van der Waals surface area contributed by atoms with E-state index < -0.39 is 0 Å². The number of amidine groups is 1. The van der Waals surface area contributed by atoms with Gasteiger partial charge in [0.15, 0.2) is 0 Å². The van der Waals surface area contributed by atoms with Gasteiger partial charge in [0.1, 0.15) is 10.8 Å². The van der Waals surface area contributed by atoms with Crippen molar-refractivity contribution in [3.05, 3.63) is 64.6 Å². The van der Waals surface area contributed by atoms with E-state index in [0.29, 0.717) is 15.7 Å². The van der Waals surface area contributed by atoms with E-state index in [1.807, 2.05) is 48.5 Å². The van der Waals surface area contributed by atoms with Crippen LogP contribution in [0.5, 0.6) is 0 Å². The summed E-state index contributed by atoms with van der Waals surface area (Å²) in [7, 11) is 0. The molecule has 1 amide bonds. The Morgan fingerprint density at radius 3 is 2.39 bits per heavy atom. The average molecular weight is 337 g/mol. The molecule has 0 aromatic heterocycles. The van der Waals surface area contributed by atoms with E-state index in [9.17, 15) is 4.79 Å². The Bertz CT molecular complexity index is 903. The lowest BCUT2D eigenvalue weighted by atomic mass is 9.95. The number of thioether (sulfide) groups is 1. The molecule has 6 heteroatoms. The molecule has 1 saturated heterocycles. The minimum Gasteiger partial charge on any atom is -0.339 e. The number of nitrogens with one attached hydrogen (secondary N) is 3. The number of thiocarbonyl (C=S) groups is 1. The molecule has 1 fully saturated rings. The van der Waals surface area contributed by atoms with Crippen molar-refractivity contribution in [2.24, 2.45) is 0 Å². The highest BCUT2D eigenvalue weighted by Crippen LogP contribution is 2.40. The molecule has 2 aliphatic rings. The molecule has 112 valence electrons. The first-order valence-electron chi connectivity index (χ1n) is 6.97. The topological polar surface area (TPSA) is 65.0 Å². The molecule has 0 atom stereocenters. The molecule has 0 saturated carbocycles. The zero-order valence-electron chi connectivity index (χ0n) is 11.8. The first-order valence-corrected chi connectivity index (χ1v) is 8.20. The second-order valence-corrected chi connectivity index (χ2v) is 6.53. The fourth-order valence-corrected chi connectivity index (χ4v) is 3.91. The van der Waals surface area contributed by atoms with Crippen LogP contribution in [0.4, 0.5) is 4.79 Å². The molecule has 2 aliphatic heterocycles. The lowest BCUT2D eigenvalue weighted by molar-refractivity contribution is 0.265. The maximum Gasteiger partial charge on any atom is 0.289 e. The van der Waals surface area contributed by atoms with Gasteiger partial charge in [-0.1, -0.05) is 60.7 Å². The molecule has 0 unspecified atom stereocenters. The molecule has 0 aliphatic carbocycles. The maximum atomic E-state index is 11.6. The second-order valence-electron chi connectivity index (χ2n) is 5.14. The van der Waals surface area contributed by atoms with Gasteiger partial charge in [-0.3, -0.25) is 10.2 Å². The van der Waals surface area contributed by atoms with E-state index in [1.165, 1.54) is 0 Å². The Hall–Kier alpha value is -2.44. The van der Waals surface area contributed by atoms with Crippen LogP contribution in [0.3, 0.4) is 0 Å². The van der Waals surface area contributed by atoms with Crippen molar-refractivity contribution in [1.29, 1.82) is 5.41 Å². The summed E-state index contributed by atoms with van der Waals surface area (Å²) in [5.74, 6) is 0.322. The van der Waals surface area contributed by atoms with Crippen LogP contribution in [0.2, 0.25) is 0 Å². The Morgan fingerprint density at radius 2 is 1.70 bits per heavy atom. The minimum absolute atomic E-state index is 0.184. The largest absolute Gasteiger partial charge is 0.339 e. The number of amides is 1. The number of carbonyl (C=O) groups excluding carboxylic acids is 1. The van der Waals surface area contributed by atoms with Crippen molar-refractivity contribution >= 4 is 45.7 Å². The molecule has 2 aromatic carbocycles. The van der Waals surface area contributed by atoms with E-state index in [4.69, 9.17) is 17.6 Å². The molecular formula is C17H11N3OS2. The summed E-state index contributed by atoms with van der Waals surface area (Å²) in [4.78, 5) is 12.7. The normalized spacial score (nSPS) is 19.6. The van der Waals surface area contributed by atoms with Crippen LogP contribution in [0, 0.1) is 5.41 Å². The third-order valence-electron chi connectivity index (χ3n) is 3.76. The fourth-order valence-electron chi connectivity index (χ4n) is 2.79. The monoisotopic (exact) mass is 337 g/mol. The van der Waals surface area contributed by atoms with Crippen LogP contribution in [-0.4, -0.2) is 16.1 Å². The summed E-state index contributed by atoms with van der Waals surface area (Å²) in [5, 5.41) is 13.7. The van der Waals surface area contributed by atoms with Gasteiger partial charge in [0, 0.05) is 11.1 Å². The van der Waals surface area contributed by atoms with Crippen LogP contribution in [0.25, 0.3) is 16.8 Å². The van der Waals surface area contributed by atoms with Crippen molar-refractivity contribution in [3.8, 4) is 11.1 Å². The van der Waals surface area contributed by atoms with Gasteiger partial charge in [0.05, 0.1) is 10.6 Å². The van der Waals surface area contributed by atoms with Crippen LogP contribution < -0.4 is 10.6 Å². The van der Waals surface area contributed by atoms with Gasteiger partial charge in [0.25, 0.3) is 5.24 Å². The first kappa shape index (κ1) is 14.2. The van der Waals surface area contributed by atoms with Gasteiger partial charge < -0.3 is 10.6 Å². The summed E-state index contributed by atoms with van der Waals surface area (Å²) in [6, 6.07) is 15.9. The van der Waals surface area contributed by atoms with Gasteiger partial charge in [0.2, 0.25) is 0 Å². The summed E-state index contributed by atoms with van der Waals surface area (Å²) in [6.45, 7) is 0. The van der Waals surface area contributed by atoms with Crippen molar-refractivity contribution in [2.75, 3.05) is 0 Å². The predicted octanol–water partition coefficient (Wildman–Crippen LogP) is 3.73. The zero-order chi connectivity index (χ0) is 16.0. The number of rotatable bonds is 1. The fraction of sp³-hybridized carbons (Fsp3) is 0. The molecule has 23 heavy (non-hydrogen) atoms. The van der Waals surface area contributed by atoms with Crippen LogP contribution in [-0.2, 0) is 0 Å². The molecule has 3 N–H and O–H groups in total. The standard InChI is InChI=1S/C17H11N3OS2/c18-15-11-8-4-7-10(9-5-2-1-3-6-9)12(11)13(19-15)14-16(22)20-17(21)23-14/h1-8H,(H2,18,19)(H,20,21,22). The molecule has 4 nitrogen and oxygen atoms in total. The van der Waals surface area contributed by atoms with Crippen LogP contribution >= 0.6 is 24.0 Å². The van der Waals surface area contributed by atoms with Crippen LogP contribution in [0.15, 0.2) is 53.4 Å². The van der Waals surface area contributed by atoms with Crippen molar-refractivity contribution < 1.29 is 4.79 Å². The summed E-state index contributed by atoms with van der Waals surface area (Å²) in [6.07, 6.45) is 0. The molecule has 2 aromatic rings. The number of hydrogen-bond donors (Lipinski definition) is 3. The number of benzene rings is 2. The first-order chi connectivity index (χ1) is 11.1. The SMILES string of the molecule is N=C1NC(=C2SC(=O)NC2=S)c2c1cccc2-c1ccccc1. The summed E-state index contributed by atoms with van der Waals surface area (Å²) in [5.41, 5.74) is 4.55. The van der Waals surface area contributed by atoms with Gasteiger partial charge >= 0.3 is 0 Å². The van der Waals surface area contributed by atoms with Gasteiger partial charge in [-0.05, 0) is 22.9 Å². The molecule has 4 rings (SSSR count). The Morgan fingerprint density at radius 1 is 0.957 bits per heavy atom. The highest BCUT2D eigenvalue weighted by atomic mass is 32.2. The number of hydrogen-bond acceptors (Lipinski definition) is 4. The molecule has 0 spiro atoms. The molecular weight excluding hydrogens is 326 g/mol. The van der Waals surface area contributed by atoms with Crippen molar-refractivity contribution in [2.45, 2.75) is 0 Å². The van der Waals surface area contributed by atoms with E-state index in [0.717, 1.165) is 39.7 Å². The second kappa shape index (κ2) is 5.33. The smallest absolute Gasteiger partial charge is 0.289 e. The number of fused-ring (bicyclic) bond motifs is 1. The van der Waals surface area contributed by atoms with Crippen molar-refractivity contribution in [1.82, 2.24) is 10.6 Å². The Balaban J connectivity index is 1.99. The summed E-state index contributed by atoms with van der Waals surface area (Å²) >= 11 is 6.33. The lowest BCUT2D eigenvalue weighted by Crippen LogP contribution is -2.18. The van der Waals surface area contributed by atoms with Gasteiger partial charge in [-0.15, -0.1) is 0 Å². The molecule has 0 radical (unpaired) electrons. The van der Waals surface area contributed by atoms with E-state index in [1.54, 1.807) is 0 Å². The predicted molar refractivity (Wildman–Crippen MR) is 97.5 cm³/mol. The molecule has 2 heterocycles. The van der Waals surface area contributed by atoms with Gasteiger partial charge in [-0.25, -0.2) is 0 Å². The van der Waals surface area contributed by atoms with Crippen molar-refractivity contribution in [3.63, 3.8) is 0 Å². The molecule has 0 bridgehead atoms. The number of carbonyl (C=O) groups is 1. The van der Waals surface area contributed by atoms with Crippen LogP contribution in [0.1, 0.15) is 11.1 Å². The zero-order valence-corrected chi connectivity index (χ0v) is 13.5. The quantitative estimate of drug-likeness (QED) is 0.548. The van der Waals surface area contributed by atoms with Gasteiger partial charge in [-0.2, -0.15) is 0 Å². The lowest BCUT2D eigenvalue weighted by Gasteiger charge is -2.10. The third-order valence-corrected chi connectivity index (χ3v) is 5.10. The highest BCUT2D eigenvalue weighted by molar-refractivity contribution is 8.19.